The number of benzene rings is 1. The van der Waals surface area contributed by atoms with Crippen molar-refractivity contribution in [3.63, 3.8) is 0 Å². The summed E-state index contributed by atoms with van der Waals surface area (Å²) in [5, 5.41) is 11.9. The van der Waals surface area contributed by atoms with Crippen LogP contribution in [0, 0.1) is 16.7 Å². The van der Waals surface area contributed by atoms with E-state index in [1.807, 2.05) is 63.2 Å². The number of esters is 4. The van der Waals surface area contributed by atoms with Gasteiger partial charge in [-0.25, -0.2) is 0 Å². The molecule has 0 aliphatic heterocycles. The van der Waals surface area contributed by atoms with Crippen LogP contribution in [0.3, 0.4) is 0 Å². The van der Waals surface area contributed by atoms with Crippen LogP contribution in [0.1, 0.15) is 85.8 Å². The first kappa shape index (κ1) is 37.0. The molecule has 0 amide bonds. The van der Waals surface area contributed by atoms with E-state index >= 15 is 0 Å². The van der Waals surface area contributed by atoms with Gasteiger partial charge in [-0.1, -0.05) is 44.2 Å². The standard InChI is InChI=1S/C37H49NO10/c1-20-28(45-21(2)39)16-26-30(46-22(3)40)15-25-19-37(7,35(44)34(43)33(20)36(26,5)6)31(47-23(4)41)18-29(25)48-32(42)17-27(38(8)9)24-13-11-10-12-14-24/h10-15,26-31,34,43H,16-19H2,1-9H3. The predicted octanol–water partition coefficient (Wildman–Crippen LogP) is 4.42. The lowest BCUT2D eigenvalue weighted by Crippen LogP contribution is -2.56. The van der Waals surface area contributed by atoms with Crippen LogP contribution in [0.15, 0.2) is 53.1 Å². The second-order valence-electron chi connectivity index (χ2n) is 14.3. The Bertz CT molecular complexity index is 1490. The minimum atomic E-state index is -1.65. The molecule has 8 atom stereocenters. The molecule has 48 heavy (non-hydrogen) atoms. The first-order valence-corrected chi connectivity index (χ1v) is 16.4. The topological polar surface area (TPSA) is 146 Å². The van der Waals surface area contributed by atoms with Crippen molar-refractivity contribution in [1.82, 2.24) is 4.90 Å². The number of carbonyl (C=O) groups excluding carboxylic acids is 5. The van der Waals surface area contributed by atoms with Crippen LogP contribution in [0.4, 0.5) is 0 Å². The molecule has 4 rings (SSSR count). The Hall–Kier alpha value is -3.83. The van der Waals surface area contributed by atoms with Crippen molar-refractivity contribution in [2.24, 2.45) is 16.7 Å². The zero-order valence-corrected chi connectivity index (χ0v) is 29.4. The van der Waals surface area contributed by atoms with Crippen molar-refractivity contribution < 1.29 is 48.0 Å². The Labute approximate surface area is 282 Å². The van der Waals surface area contributed by atoms with Crippen LogP contribution in [-0.2, 0) is 42.9 Å². The van der Waals surface area contributed by atoms with Crippen molar-refractivity contribution >= 4 is 29.7 Å². The summed E-state index contributed by atoms with van der Waals surface area (Å²) in [6.45, 7) is 10.9. The van der Waals surface area contributed by atoms with Crippen molar-refractivity contribution in [2.45, 2.75) is 111 Å². The van der Waals surface area contributed by atoms with Crippen molar-refractivity contribution in [2.75, 3.05) is 14.1 Å². The van der Waals surface area contributed by atoms with Crippen LogP contribution in [0.2, 0.25) is 0 Å². The lowest BCUT2D eigenvalue weighted by Gasteiger charge is -2.51. The molecule has 0 saturated heterocycles. The van der Waals surface area contributed by atoms with Crippen LogP contribution in [-0.4, -0.2) is 84.3 Å². The molecule has 1 fully saturated rings. The summed E-state index contributed by atoms with van der Waals surface area (Å²) in [7, 11) is 3.75. The monoisotopic (exact) mass is 667 g/mol. The Balaban J connectivity index is 1.86. The molecule has 3 aliphatic rings. The molecule has 3 aliphatic carbocycles. The average molecular weight is 668 g/mol. The second-order valence-corrected chi connectivity index (χ2v) is 14.3. The van der Waals surface area contributed by atoms with E-state index in [2.05, 4.69) is 0 Å². The van der Waals surface area contributed by atoms with Gasteiger partial charge in [0.25, 0.3) is 0 Å². The highest BCUT2D eigenvalue weighted by Crippen LogP contribution is 2.53. The van der Waals surface area contributed by atoms with E-state index < -0.39 is 76.9 Å². The van der Waals surface area contributed by atoms with E-state index in [9.17, 15) is 29.1 Å². The Morgan fingerprint density at radius 2 is 1.50 bits per heavy atom. The van der Waals surface area contributed by atoms with E-state index in [1.54, 1.807) is 19.9 Å². The van der Waals surface area contributed by atoms with Crippen LogP contribution < -0.4 is 0 Å². The van der Waals surface area contributed by atoms with E-state index in [1.165, 1.54) is 20.8 Å². The van der Waals surface area contributed by atoms with Crippen LogP contribution in [0.25, 0.3) is 0 Å². The Kier molecular flexibility index (Phi) is 11.1. The third kappa shape index (κ3) is 7.57. The molecule has 0 radical (unpaired) electrons. The SMILES string of the molecule is CC(=O)OC1CC2C(OC(C)=O)C=C3CC(C)(C(=O)C(O)C(=C1C)C2(C)C)C(OC(C)=O)CC3OC(=O)CC(c1ccccc1)N(C)C. The highest BCUT2D eigenvalue weighted by atomic mass is 16.6. The maximum Gasteiger partial charge on any atom is 0.308 e. The second kappa shape index (κ2) is 14.3. The van der Waals surface area contributed by atoms with E-state index in [4.69, 9.17) is 18.9 Å². The third-order valence-corrected chi connectivity index (χ3v) is 10.3. The smallest absolute Gasteiger partial charge is 0.308 e. The van der Waals surface area contributed by atoms with Gasteiger partial charge in [-0.15, -0.1) is 0 Å². The molecule has 0 heterocycles. The Morgan fingerprint density at radius 3 is 2.06 bits per heavy atom. The van der Waals surface area contributed by atoms with Gasteiger partial charge in [0.15, 0.2) is 5.78 Å². The highest BCUT2D eigenvalue weighted by molar-refractivity contribution is 5.93. The number of carbonyl (C=O) groups is 5. The normalized spacial score (nSPS) is 30.5. The van der Waals surface area contributed by atoms with Crippen molar-refractivity contribution in [1.29, 1.82) is 0 Å². The van der Waals surface area contributed by atoms with Gasteiger partial charge in [0.2, 0.25) is 0 Å². The van der Waals surface area contributed by atoms with Crippen molar-refractivity contribution in [3.05, 3.63) is 58.7 Å². The molecule has 8 unspecified atom stereocenters. The highest BCUT2D eigenvalue weighted by Gasteiger charge is 2.57. The molecule has 1 saturated carbocycles. The number of aliphatic hydroxyl groups excluding tert-OH is 1. The van der Waals surface area contributed by atoms with Gasteiger partial charge in [-0.3, -0.25) is 24.0 Å². The molecular formula is C37H49NO10. The van der Waals surface area contributed by atoms with Crippen LogP contribution >= 0.6 is 0 Å². The largest absolute Gasteiger partial charge is 0.461 e. The molecule has 1 aromatic carbocycles. The minimum Gasteiger partial charge on any atom is -0.461 e. The molecule has 0 aromatic heterocycles. The van der Waals surface area contributed by atoms with E-state index in [0.717, 1.165) is 5.56 Å². The summed E-state index contributed by atoms with van der Waals surface area (Å²) in [4.78, 5) is 67.2. The summed E-state index contributed by atoms with van der Waals surface area (Å²) in [6.07, 6.45) is -3.37. The molecule has 11 nitrogen and oxygen atoms in total. The molecule has 0 spiro atoms. The third-order valence-electron chi connectivity index (χ3n) is 10.3. The predicted molar refractivity (Wildman–Crippen MR) is 175 cm³/mol. The zero-order valence-electron chi connectivity index (χ0n) is 29.4. The summed E-state index contributed by atoms with van der Waals surface area (Å²) in [6, 6.07) is 9.28. The fourth-order valence-electron chi connectivity index (χ4n) is 7.92. The lowest BCUT2D eigenvalue weighted by molar-refractivity contribution is -0.170. The molecule has 262 valence electrons. The van der Waals surface area contributed by atoms with Gasteiger partial charge in [-0.05, 0) is 74.6 Å². The lowest BCUT2D eigenvalue weighted by atomic mass is 9.57. The van der Waals surface area contributed by atoms with E-state index in [0.29, 0.717) is 16.7 Å². The number of aliphatic hydroxyl groups is 1. The quantitative estimate of drug-likeness (QED) is 0.239. The number of fused-ring (bicyclic) bond motifs is 4. The molecule has 1 N–H and O–H groups in total. The number of Topliss-reactive ketones (excluding diaryl/α,β-unsaturated/α-hetero) is 1. The minimum absolute atomic E-state index is 0.0223. The summed E-state index contributed by atoms with van der Waals surface area (Å²) < 4.78 is 23.5. The first-order valence-electron chi connectivity index (χ1n) is 16.4. The van der Waals surface area contributed by atoms with Gasteiger partial charge < -0.3 is 29.0 Å². The fourth-order valence-corrected chi connectivity index (χ4v) is 7.92. The average Bonchev–Trinajstić information content (AvgIpc) is 2.97. The molecular weight excluding hydrogens is 618 g/mol. The summed E-state index contributed by atoms with van der Waals surface area (Å²) in [5.41, 5.74) is -0.00830. The van der Waals surface area contributed by atoms with Gasteiger partial charge >= 0.3 is 23.9 Å². The van der Waals surface area contributed by atoms with Gasteiger partial charge in [0.1, 0.15) is 30.5 Å². The number of hydrogen-bond acceptors (Lipinski definition) is 11. The van der Waals surface area contributed by atoms with Crippen molar-refractivity contribution in [3.8, 4) is 0 Å². The number of rotatable bonds is 8. The Morgan fingerprint density at radius 1 is 0.896 bits per heavy atom. The van der Waals surface area contributed by atoms with Gasteiger partial charge in [0, 0.05) is 39.2 Å². The molecule has 1 aromatic rings. The summed E-state index contributed by atoms with van der Waals surface area (Å²) in [5.74, 6) is -3.34. The zero-order chi connectivity index (χ0) is 35.7. The maximum absolute atomic E-state index is 14.5. The van der Waals surface area contributed by atoms with Gasteiger partial charge in [0.05, 0.1) is 11.8 Å². The van der Waals surface area contributed by atoms with Crippen LogP contribution in [0.5, 0.6) is 0 Å². The molecule has 11 heteroatoms. The number of nitrogens with zero attached hydrogens (tertiary/aromatic N) is 1. The number of hydrogen-bond donors (Lipinski definition) is 1. The number of ether oxygens (including phenoxy) is 4. The summed E-state index contributed by atoms with van der Waals surface area (Å²) >= 11 is 0. The number of ketones is 1. The maximum atomic E-state index is 14.5. The van der Waals surface area contributed by atoms with Gasteiger partial charge in [-0.2, -0.15) is 0 Å². The first-order chi connectivity index (χ1) is 22.4. The fraction of sp³-hybridized carbons (Fsp3) is 0.595. The van der Waals surface area contributed by atoms with E-state index in [-0.39, 0.29) is 31.7 Å². The molecule has 4 bridgehead atoms.